The molecule has 4 nitrogen and oxygen atoms in total. The van der Waals surface area contributed by atoms with Gasteiger partial charge in [-0.25, -0.2) is 0 Å². The maximum Gasteiger partial charge on any atom is 0.264 e. The molecule has 1 atom stereocenters. The lowest BCUT2D eigenvalue weighted by molar-refractivity contribution is 0.0687. The third kappa shape index (κ3) is 3.31. The summed E-state index contributed by atoms with van der Waals surface area (Å²) in [6.45, 7) is 6.24. The first-order chi connectivity index (χ1) is 11.2. The van der Waals surface area contributed by atoms with Crippen LogP contribution in [-0.2, 0) is 17.8 Å². The van der Waals surface area contributed by atoms with E-state index in [1.54, 1.807) is 23.7 Å². The highest BCUT2D eigenvalue weighted by atomic mass is 32.1. The summed E-state index contributed by atoms with van der Waals surface area (Å²) in [7, 11) is 0. The number of thiophene rings is 1. The second-order valence-electron chi connectivity index (χ2n) is 5.66. The second-order valence-corrected chi connectivity index (χ2v) is 6.79. The highest BCUT2D eigenvalue weighted by molar-refractivity contribution is 7.14. The van der Waals surface area contributed by atoms with Gasteiger partial charge < -0.3 is 9.64 Å². The van der Waals surface area contributed by atoms with Gasteiger partial charge in [-0.05, 0) is 42.7 Å². The zero-order valence-electron chi connectivity index (χ0n) is 13.6. The number of hydrogen-bond acceptors (Lipinski definition) is 4. The third-order valence-electron chi connectivity index (χ3n) is 4.29. The molecule has 0 aliphatic carbocycles. The Labute approximate surface area is 141 Å². The summed E-state index contributed by atoms with van der Waals surface area (Å²) in [6, 6.07) is 6.10. The topological polar surface area (TPSA) is 42.4 Å². The molecule has 122 valence electrons. The number of carbonyl (C=O) groups excluding carboxylic acids is 1. The lowest BCUT2D eigenvalue weighted by Crippen LogP contribution is -2.34. The third-order valence-corrected chi connectivity index (χ3v) is 5.52. The van der Waals surface area contributed by atoms with E-state index in [1.165, 1.54) is 10.4 Å². The summed E-state index contributed by atoms with van der Waals surface area (Å²) in [6.07, 6.45) is 5.38. The Morgan fingerprint density at radius 2 is 2.17 bits per heavy atom. The molecular weight excluding hydrogens is 308 g/mol. The highest BCUT2D eigenvalue weighted by Gasteiger charge is 2.26. The smallest absolute Gasteiger partial charge is 0.264 e. The van der Waals surface area contributed by atoms with Crippen LogP contribution in [0.15, 0.2) is 30.6 Å². The van der Waals surface area contributed by atoms with Crippen molar-refractivity contribution < 1.29 is 9.53 Å². The van der Waals surface area contributed by atoms with E-state index in [-0.39, 0.29) is 11.9 Å². The average Bonchev–Trinajstić information content (AvgIpc) is 3.04. The zero-order valence-corrected chi connectivity index (χ0v) is 14.4. The number of amides is 1. The zero-order chi connectivity index (χ0) is 16.2. The molecule has 2 aromatic rings. The maximum absolute atomic E-state index is 13.0. The van der Waals surface area contributed by atoms with Gasteiger partial charge in [-0.1, -0.05) is 6.92 Å². The molecule has 23 heavy (non-hydrogen) atoms. The highest BCUT2D eigenvalue weighted by Crippen LogP contribution is 2.31. The molecule has 3 heterocycles. The van der Waals surface area contributed by atoms with Crippen molar-refractivity contribution in [2.75, 3.05) is 13.2 Å². The Balaban J connectivity index is 1.87. The predicted molar refractivity (Wildman–Crippen MR) is 91.7 cm³/mol. The number of rotatable bonds is 5. The van der Waals surface area contributed by atoms with Crippen LogP contribution < -0.4 is 0 Å². The first-order valence-electron chi connectivity index (χ1n) is 8.14. The molecule has 0 saturated carbocycles. The summed E-state index contributed by atoms with van der Waals surface area (Å²) in [5.41, 5.74) is 2.32. The van der Waals surface area contributed by atoms with Crippen LogP contribution in [0.1, 0.15) is 52.0 Å². The van der Waals surface area contributed by atoms with Crippen LogP contribution in [0.2, 0.25) is 0 Å². The Hall–Kier alpha value is -1.72. The monoisotopic (exact) mass is 330 g/mol. The molecule has 5 heteroatoms. The molecule has 0 saturated heterocycles. The molecule has 1 amide bonds. The molecule has 0 N–H and O–H groups in total. The number of ether oxygens (including phenoxy) is 1. The molecular formula is C18H22N2O2S. The van der Waals surface area contributed by atoms with Crippen LogP contribution in [0.5, 0.6) is 0 Å². The summed E-state index contributed by atoms with van der Waals surface area (Å²) in [5.74, 6) is 0.121. The van der Waals surface area contributed by atoms with Gasteiger partial charge in [0.2, 0.25) is 0 Å². The summed E-state index contributed by atoms with van der Waals surface area (Å²) in [4.78, 5) is 21.2. The van der Waals surface area contributed by atoms with E-state index in [2.05, 4.69) is 11.9 Å². The van der Waals surface area contributed by atoms with E-state index < -0.39 is 0 Å². The van der Waals surface area contributed by atoms with Gasteiger partial charge >= 0.3 is 0 Å². The Morgan fingerprint density at radius 3 is 2.83 bits per heavy atom. The molecule has 2 aromatic heterocycles. The first-order valence-corrected chi connectivity index (χ1v) is 8.96. The Bertz CT molecular complexity index is 645. The molecule has 0 bridgehead atoms. The fourth-order valence-electron chi connectivity index (χ4n) is 3.12. The standard InChI is InChI=1S/C18H22N2O2S/c1-3-15(13-5-8-19-9-6-13)20(4-2)18(21)17-11-14-12-22-10-7-16(14)23-17/h5-6,8-9,11,15H,3-4,7,10,12H2,1-2H3/t15-/m0/s1. The summed E-state index contributed by atoms with van der Waals surface area (Å²) >= 11 is 1.63. The number of nitrogens with zero attached hydrogens (tertiary/aromatic N) is 2. The van der Waals surface area contributed by atoms with Gasteiger partial charge in [-0.3, -0.25) is 9.78 Å². The van der Waals surface area contributed by atoms with Crippen molar-refractivity contribution in [3.8, 4) is 0 Å². The number of fused-ring (bicyclic) bond motifs is 1. The van der Waals surface area contributed by atoms with Crippen molar-refractivity contribution in [3.63, 3.8) is 0 Å². The number of hydrogen-bond donors (Lipinski definition) is 0. The average molecular weight is 330 g/mol. The van der Waals surface area contributed by atoms with Crippen LogP contribution in [0.3, 0.4) is 0 Å². The van der Waals surface area contributed by atoms with Crippen molar-refractivity contribution >= 4 is 17.2 Å². The van der Waals surface area contributed by atoms with E-state index in [0.717, 1.165) is 29.9 Å². The largest absolute Gasteiger partial charge is 0.376 e. The van der Waals surface area contributed by atoms with E-state index in [9.17, 15) is 4.79 Å². The lowest BCUT2D eigenvalue weighted by Gasteiger charge is -2.30. The second kappa shape index (κ2) is 7.23. The minimum atomic E-state index is 0.0888. The van der Waals surface area contributed by atoms with Crippen molar-refractivity contribution in [2.45, 2.75) is 39.3 Å². The first kappa shape index (κ1) is 16.1. The van der Waals surface area contributed by atoms with E-state index in [1.807, 2.05) is 30.0 Å². The van der Waals surface area contributed by atoms with Crippen LogP contribution in [-0.4, -0.2) is 28.9 Å². The SMILES string of the molecule is CC[C@@H](c1ccncc1)N(CC)C(=O)c1cc2c(s1)CCOC2. The summed E-state index contributed by atoms with van der Waals surface area (Å²) < 4.78 is 5.49. The molecule has 1 aliphatic rings. The lowest BCUT2D eigenvalue weighted by atomic mass is 10.0. The fraction of sp³-hybridized carbons (Fsp3) is 0.444. The normalized spacial score (nSPS) is 15.0. The van der Waals surface area contributed by atoms with Crippen LogP contribution >= 0.6 is 11.3 Å². The predicted octanol–water partition coefficient (Wildman–Crippen LogP) is 3.83. The number of carbonyl (C=O) groups is 1. The van der Waals surface area contributed by atoms with Gasteiger partial charge in [0.25, 0.3) is 5.91 Å². The van der Waals surface area contributed by atoms with Crippen LogP contribution in [0.25, 0.3) is 0 Å². The fourth-order valence-corrected chi connectivity index (χ4v) is 4.23. The molecule has 0 spiro atoms. The minimum Gasteiger partial charge on any atom is -0.376 e. The molecule has 1 aliphatic heterocycles. The van der Waals surface area contributed by atoms with Crippen LogP contribution in [0.4, 0.5) is 0 Å². The summed E-state index contributed by atoms with van der Waals surface area (Å²) in [5, 5.41) is 0. The quantitative estimate of drug-likeness (QED) is 0.837. The Kier molecular flexibility index (Phi) is 5.08. The molecule has 0 unspecified atom stereocenters. The van der Waals surface area contributed by atoms with Gasteiger partial charge in [0.1, 0.15) is 0 Å². The van der Waals surface area contributed by atoms with Gasteiger partial charge in [0, 0.05) is 30.2 Å². The van der Waals surface area contributed by atoms with Crippen molar-refractivity contribution in [2.24, 2.45) is 0 Å². The maximum atomic E-state index is 13.0. The molecule has 0 fully saturated rings. The Morgan fingerprint density at radius 1 is 1.39 bits per heavy atom. The van der Waals surface area contributed by atoms with E-state index in [4.69, 9.17) is 4.74 Å². The van der Waals surface area contributed by atoms with Gasteiger partial charge in [-0.2, -0.15) is 0 Å². The van der Waals surface area contributed by atoms with E-state index >= 15 is 0 Å². The van der Waals surface area contributed by atoms with Crippen molar-refractivity contribution in [3.05, 3.63) is 51.5 Å². The van der Waals surface area contributed by atoms with Gasteiger partial charge in [-0.15, -0.1) is 11.3 Å². The minimum absolute atomic E-state index is 0.0888. The molecule has 0 aromatic carbocycles. The van der Waals surface area contributed by atoms with Gasteiger partial charge in [0.15, 0.2) is 0 Å². The molecule has 3 rings (SSSR count). The van der Waals surface area contributed by atoms with Crippen molar-refractivity contribution in [1.82, 2.24) is 9.88 Å². The number of aromatic nitrogens is 1. The van der Waals surface area contributed by atoms with E-state index in [0.29, 0.717) is 13.2 Å². The van der Waals surface area contributed by atoms with Crippen molar-refractivity contribution in [1.29, 1.82) is 0 Å². The van der Waals surface area contributed by atoms with Gasteiger partial charge in [0.05, 0.1) is 24.1 Å². The van der Waals surface area contributed by atoms with Crippen LogP contribution in [0, 0.1) is 0 Å². The number of pyridine rings is 1. The molecule has 0 radical (unpaired) electrons.